The van der Waals surface area contributed by atoms with Crippen molar-refractivity contribution in [2.24, 2.45) is 11.8 Å². The number of hydrogen-bond acceptors (Lipinski definition) is 3. The first kappa shape index (κ1) is 17.9. The average Bonchev–Trinajstić information content (AvgIpc) is 3.02. The lowest BCUT2D eigenvalue weighted by Crippen LogP contribution is -2.42. The van der Waals surface area contributed by atoms with Crippen LogP contribution in [0.2, 0.25) is 0 Å². The van der Waals surface area contributed by atoms with Gasteiger partial charge in [0.05, 0.1) is 5.92 Å². The number of rotatable bonds is 6. The number of hydrogen-bond donors (Lipinski definition) is 1. The Bertz CT molecular complexity index is 590. The molecule has 2 fully saturated rings. The number of carbonyl (C=O) groups excluding carboxylic acids is 2. The molecule has 25 heavy (non-hydrogen) atoms. The van der Waals surface area contributed by atoms with Crippen LogP contribution in [0.25, 0.3) is 0 Å². The molecule has 0 spiro atoms. The molecule has 0 aliphatic carbocycles. The van der Waals surface area contributed by atoms with Gasteiger partial charge in [-0.3, -0.25) is 14.5 Å². The molecular formula is C20H29N3O2. The molecule has 2 aliphatic rings. The molecule has 0 radical (unpaired) electrons. The van der Waals surface area contributed by atoms with E-state index in [0.29, 0.717) is 25.4 Å². The van der Waals surface area contributed by atoms with Gasteiger partial charge in [0.25, 0.3) is 0 Å². The van der Waals surface area contributed by atoms with Crippen molar-refractivity contribution in [3.8, 4) is 0 Å². The zero-order chi connectivity index (χ0) is 17.6. The van der Waals surface area contributed by atoms with Gasteiger partial charge < -0.3 is 10.2 Å². The molecule has 1 aromatic rings. The van der Waals surface area contributed by atoms with Crippen LogP contribution >= 0.6 is 0 Å². The second kappa shape index (κ2) is 8.48. The molecule has 1 N–H and O–H groups in total. The van der Waals surface area contributed by atoms with Gasteiger partial charge in [0, 0.05) is 39.1 Å². The molecule has 3 rings (SSSR count). The van der Waals surface area contributed by atoms with Crippen LogP contribution in [-0.2, 0) is 16.1 Å². The fraction of sp³-hybridized carbons (Fsp3) is 0.600. The molecule has 2 heterocycles. The minimum Gasteiger partial charge on any atom is -0.355 e. The normalized spacial score (nSPS) is 24.5. The Morgan fingerprint density at radius 2 is 2.04 bits per heavy atom. The van der Waals surface area contributed by atoms with Gasteiger partial charge in [-0.15, -0.1) is 0 Å². The molecule has 5 nitrogen and oxygen atoms in total. The quantitative estimate of drug-likeness (QED) is 0.858. The van der Waals surface area contributed by atoms with E-state index in [1.807, 2.05) is 13.0 Å². The van der Waals surface area contributed by atoms with Crippen LogP contribution in [0, 0.1) is 11.8 Å². The van der Waals surface area contributed by atoms with E-state index in [4.69, 9.17) is 0 Å². The SMILES string of the molecule is CCN1C[C@H](C(=O)NC[C@@H]2CCCN(Cc3ccccc3)C2)CC1=O. The Morgan fingerprint density at radius 3 is 2.76 bits per heavy atom. The number of benzene rings is 1. The van der Waals surface area contributed by atoms with E-state index < -0.39 is 0 Å². The highest BCUT2D eigenvalue weighted by atomic mass is 16.2. The van der Waals surface area contributed by atoms with Crippen molar-refractivity contribution in [1.29, 1.82) is 0 Å². The monoisotopic (exact) mass is 343 g/mol. The molecule has 2 amide bonds. The van der Waals surface area contributed by atoms with Crippen LogP contribution < -0.4 is 5.32 Å². The molecule has 2 saturated heterocycles. The van der Waals surface area contributed by atoms with Gasteiger partial charge in [-0.05, 0) is 37.8 Å². The van der Waals surface area contributed by atoms with Crippen LogP contribution in [0.15, 0.2) is 30.3 Å². The summed E-state index contributed by atoms with van der Waals surface area (Å²) in [7, 11) is 0. The van der Waals surface area contributed by atoms with E-state index in [1.165, 1.54) is 12.0 Å². The molecule has 2 aliphatic heterocycles. The second-order valence-corrected chi connectivity index (χ2v) is 7.31. The Hall–Kier alpha value is -1.88. The van der Waals surface area contributed by atoms with Gasteiger partial charge in [0.15, 0.2) is 0 Å². The maximum atomic E-state index is 12.4. The highest BCUT2D eigenvalue weighted by molar-refractivity contribution is 5.89. The maximum Gasteiger partial charge on any atom is 0.225 e. The summed E-state index contributed by atoms with van der Waals surface area (Å²) >= 11 is 0. The number of nitrogens with one attached hydrogen (secondary N) is 1. The molecule has 0 saturated carbocycles. The van der Waals surface area contributed by atoms with Crippen LogP contribution in [0.1, 0.15) is 31.7 Å². The first-order chi connectivity index (χ1) is 12.2. The van der Waals surface area contributed by atoms with Crippen molar-refractivity contribution >= 4 is 11.8 Å². The van der Waals surface area contributed by atoms with Crippen molar-refractivity contribution < 1.29 is 9.59 Å². The summed E-state index contributed by atoms with van der Waals surface area (Å²) in [5, 5.41) is 3.10. The molecule has 2 atom stereocenters. The molecule has 0 aromatic heterocycles. The first-order valence-electron chi connectivity index (χ1n) is 9.47. The lowest BCUT2D eigenvalue weighted by Gasteiger charge is -2.33. The number of carbonyl (C=O) groups is 2. The number of piperidine rings is 1. The summed E-state index contributed by atoms with van der Waals surface area (Å²) in [6.07, 6.45) is 2.71. The predicted octanol–water partition coefficient (Wildman–Crippen LogP) is 1.88. The third kappa shape index (κ3) is 4.82. The summed E-state index contributed by atoms with van der Waals surface area (Å²) < 4.78 is 0. The van der Waals surface area contributed by atoms with E-state index in [-0.39, 0.29) is 17.7 Å². The standard InChI is InChI=1S/C20H29N3O2/c1-2-23-15-18(11-19(23)24)20(25)21-12-17-9-6-10-22(14-17)13-16-7-4-3-5-8-16/h3-5,7-8,17-18H,2,6,9-15H2,1H3,(H,21,25)/t17-,18+/m0/s1. The molecule has 0 bridgehead atoms. The van der Waals surface area contributed by atoms with Crippen LogP contribution in [0.3, 0.4) is 0 Å². The van der Waals surface area contributed by atoms with Gasteiger partial charge in [0.2, 0.25) is 11.8 Å². The topological polar surface area (TPSA) is 52.7 Å². The summed E-state index contributed by atoms with van der Waals surface area (Å²) in [5.41, 5.74) is 1.34. The molecule has 136 valence electrons. The van der Waals surface area contributed by atoms with Crippen molar-refractivity contribution in [3.63, 3.8) is 0 Å². The molecule has 5 heteroatoms. The van der Waals surface area contributed by atoms with Gasteiger partial charge in [-0.25, -0.2) is 0 Å². The van der Waals surface area contributed by atoms with E-state index in [0.717, 1.165) is 32.6 Å². The minimum absolute atomic E-state index is 0.0458. The molecule has 0 unspecified atom stereocenters. The van der Waals surface area contributed by atoms with E-state index >= 15 is 0 Å². The van der Waals surface area contributed by atoms with E-state index in [1.54, 1.807) is 4.90 Å². The Labute approximate surface area is 150 Å². The first-order valence-corrected chi connectivity index (χ1v) is 9.47. The number of nitrogens with zero attached hydrogens (tertiary/aromatic N) is 2. The lowest BCUT2D eigenvalue weighted by atomic mass is 9.97. The fourth-order valence-corrected chi connectivity index (χ4v) is 3.95. The Kier molecular flexibility index (Phi) is 6.08. The Morgan fingerprint density at radius 1 is 1.24 bits per heavy atom. The van der Waals surface area contributed by atoms with E-state index in [9.17, 15) is 9.59 Å². The summed E-state index contributed by atoms with van der Waals surface area (Å²) in [6, 6.07) is 10.5. The number of amides is 2. The highest BCUT2D eigenvalue weighted by Gasteiger charge is 2.33. The van der Waals surface area contributed by atoms with Gasteiger partial charge in [-0.1, -0.05) is 30.3 Å². The van der Waals surface area contributed by atoms with Crippen LogP contribution in [-0.4, -0.2) is 54.3 Å². The zero-order valence-electron chi connectivity index (χ0n) is 15.1. The van der Waals surface area contributed by atoms with Crippen molar-refractivity contribution in [2.75, 3.05) is 32.7 Å². The predicted molar refractivity (Wildman–Crippen MR) is 97.8 cm³/mol. The Balaban J connectivity index is 1.43. The highest BCUT2D eigenvalue weighted by Crippen LogP contribution is 2.20. The smallest absolute Gasteiger partial charge is 0.225 e. The van der Waals surface area contributed by atoms with Crippen molar-refractivity contribution in [2.45, 2.75) is 32.7 Å². The van der Waals surface area contributed by atoms with Crippen molar-refractivity contribution in [1.82, 2.24) is 15.1 Å². The zero-order valence-corrected chi connectivity index (χ0v) is 15.1. The summed E-state index contributed by atoms with van der Waals surface area (Å²) in [6.45, 7) is 7.09. The minimum atomic E-state index is -0.170. The van der Waals surface area contributed by atoms with Gasteiger partial charge in [0.1, 0.15) is 0 Å². The summed E-state index contributed by atoms with van der Waals surface area (Å²) in [4.78, 5) is 28.4. The average molecular weight is 343 g/mol. The van der Waals surface area contributed by atoms with E-state index in [2.05, 4.69) is 34.5 Å². The summed E-state index contributed by atoms with van der Waals surface area (Å²) in [5.74, 6) is 0.482. The largest absolute Gasteiger partial charge is 0.355 e. The fourth-order valence-electron chi connectivity index (χ4n) is 3.95. The lowest BCUT2D eigenvalue weighted by molar-refractivity contribution is -0.128. The maximum absolute atomic E-state index is 12.4. The van der Waals surface area contributed by atoms with Crippen LogP contribution in [0.5, 0.6) is 0 Å². The van der Waals surface area contributed by atoms with Crippen molar-refractivity contribution in [3.05, 3.63) is 35.9 Å². The van der Waals surface area contributed by atoms with Gasteiger partial charge in [-0.2, -0.15) is 0 Å². The second-order valence-electron chi connectivity index (χ2n) is 7.31. The molecule has 1 aromatic carbocycles. The van der Waals surface area contributed by atoms with Gasteiger partial charge >= 0.3 is 0 Å². The molecular weight excluding hydrogens is 314 g/mol. The number of likely N-dealkylation sites (tertiary alicyclic amines) is 2. The third-order valence-corrected chi connectivity index (χ3v) is 5.38. The third-order valence-electron chi connectivity index (χ3n) is 5.38. The van der Waals surface area contributed by atoms with Crippen LogP contribution in [0.4, 0.5) is 0 Å².